The topological polar surface area (TPSA) is 53.0 Å². The summed E-state index contributed by atoms with van der Waals surface area (Å²) in [6, 6.07) is 0. The summed E-state index contributed by atoms with van der Waals surface area (Å²) in [5.41, 5.74) is 0.0119. The molecule has 98 valence electrons. The van der Waals surface area contributed by atoms with Gasteiger partial charge in [-0.1, -0.05) is 0 Å². The molecule has 2 aliphatic rings. The van der Waals surface area contributed by atoms with Gasteiger partial charge in [0.25, 0.3) is 0 Å². The van der Waals surface area contributed by atoms with Crippen LogP contribution >= 0.6 is 0 Å². The van der Waals surface area contributed by atoms with Gasteiger partial charge >= 0.3 is 0 Å². The molecule has 0 aromatic rings. The summed E-state index contributed by atoms with van der Waals surface area (Å²) in [5, 5.41) is 9.52. The van der Waals surface area contributed by atoms with Crippen molar-refractivity contribution in [3.05, 3.63) is 0 Å². The number of nitrogens with zero attached hydrogens (tertiary/aromatic N) is 2. The molecule has 0 aliphatic carbocycles. The highest BCUT2D eigenvalue weighted by molar-refractivity contribution is 5.79. The van der Waals surface area contributed by atoms with Gasteiger partial charge < -0.3 is 19.6 Å². The number of likely N-dealkylation sites (N-methyl/N-ethyl adjacent to an activating group) is 1. The van der Waals surface area contributed by atoms with Crippen LogP contribution in [0.5, 0.6) is 0 Å². The third-order valence-electron chi connectivity index (χ3n) is 4.05. The Labute approximate surface area is 102 Å². The Morgan fingerprint density at radius 2 is 2.12 bits per heavy atom. The molecule has 0 bridgehead atoms. The van der Waals surface area contributed by atoms with Crippen LogP contribution in [0.15, 0.2) is 0 Å². The zero-order valence-corrected chi connectivity index (χ0v) is 10.7. The predicted molar refractivity (Wildman–Crippen MR) is 63.7 cm³/mol. The predicted octanol–water partition coefficient (Wildman–Crippen LogP) is -0.310. The molecule has 0 aromatic heterocycles. The van der Waals surface area contributed by atoms with Crippen LogP contribution in [0.25, 0.3) is 0 Å². The summed E-state index contributed by atoms with van der Waals surface area (Å²) >= 11 is 0. The molecule has 2 aliphatic heterocycles. The van der Waals surface area contributed by atoms with Crippen LogP contribution in [0.1, 0.15) is 19.3 Å². The number of ether oxygens (including phenoxy) is 1. The first-order chi connectivity index (χ1) is 8.03. The van der Waals surface area contributed by atoms with Crippen molar-refractivity contribution in [2.24, 2.45) is 0 Å². The van der Waals surface area contributed by atoms with Crippen LogP contribution in [-0.2, 0) is 9.53 Å². The molecule has 5 nitrogen and oxygen atoms in total. The van der Waals surface area contributed by atoms with Gasteiger partial charge in [0.05, 0.1) is 12.5 Å². The molecule has 2 heterocycles. The molecular weight excluding hydrogens is 220 g/mol. The van der Waals surface area contributed by atoms with E-state index in [1.54, 1.807) is 4.90 Å². The fourth-order valence-electron chi connectivity index (χ4n) is 2.76. The maximum absolute atomic E-state index is 11.7. The smallest absolute Gasteiger partial charge is 0.225 e. The van der Waals surface area contributed by atoms with Gasteiger partial charge in [-0.3, -0.25) is 4.79 Å². The Morgan fingerprint density at radius 1 is 1.47 bits per heavy atom. The summed E-state index contributed by atoms with van der Waals surface area (Å²) in [6.07, 6.45) is 1.68. The molecular formula is C12H22N2O3. The van der Waals surface area contributed by atoms with E-state index in [0.717, 1.165) is 26.1 Å². The molecule has 2 fully saturated rings. The average molecular weight is 242 g/mol. The average Bonchev–Trinajstić information content (AvgIpc) is 2.58. The van der Waals surface area contributed by atoms with Crippen molar-refractivity contribution >= 4 is 5.91 Å². The first-order valence-corrected chi connectivity index (χ1v) is 6.24. The number of carbonyl (C=O) groups excluding carboxylic acids is 1. The van der Waals surface area contributed by atoms with Crippen LogP contribution in [0, 0.1) is 0 Å². The fraction of sp³-hybridized carbons (Fsp3) is 0.917. The standard InChI is InChI=1S/C12H22N2O3/c1-13(2)12(3-5-17-6-4-12)9-14-8-10(15)7-11(14)16/h10,15H,3-9H2,1-2H3. The van der Waals surface area contributed by atoms with E-state index < -0.39 is 6.10 Å². The Hall–Kier alpha value is -0.650. The second-order valence-corrected chi connectivity index (χ2v) is 5.36. The quantitative estimate of drug-likeness (QED) is 0.737. The van der Waals surface area contributed by atoms with Crippen molar-refractivity contribution in [2.75, 3.05) is 40.4 Å². The second kappa shape index (κ2) is 4.92. The van der Waals surface area contributed by atoms with Crippen LogP contribution < -0.4 is 0 Å². The molecule has 0 spiro atoms. The molecule has 0 saturated carbocycles. The highest BCUT2D eigenvalue weighted by Gasteiger charge is 2.40. The third kappa shape index (κ3) is 2.61. The molecule has 2 saturated heterocycles. The lowest BCUT2D eigenvalue weighted by Crippen LogP contribution is -2.56. The summed E-state index contributed by atoms with van der Waals surface area (Å²) in [5.74, 6) is 0.0743. The molecule has 17 heavy (non-hydrogen) atoms. The Bertz CT molecular complexity index is 287. The number of carbonyl (C=O) groups is 1. The number of hydrogen-bond donors (Lipinski definition) is 1. The molecule has 1 N–H and O–H groups in total. The molecule has 0 radical (unpaired) electrons. The molecule has 1 amide bonds. The summed E-state index contributed by atoms with van der Waals surface area (Å²) in [4.78, 5) is 15.7. The number of rotatable bonds is 3. The van der Waals surface area contributed by atoms with E-state index in [1.165, 1.54) is 0 Å². The summed E-state index contributed by atoms with van der Waals surface area (Å²) in [7, 11) is 4.12. The number of β-amino-alcohol motifs (C(OH)–C–C–N with tert-alkyl or cyclic N) is 1. The van der Waals surface area contributed by atoms with Gasteiger partial charge in [0.15, 0.2) is 0 Å². The lowest BCUT2D eigenvalue weighted by molar-refractivity contribution is -0.130. The molecule has 0 aromatic carbocycles. The maximum atomic E-state index is 11.7. The van der Waals surface area contributed by atoms with E-state index in [0.29, 0.717) is 13.1 Å². The largest absolute Gasteiger partial charge is 0.391 e. The van der Waals surface area contributed by atoms with Crippen LogP contribution in [0.3, 0.4) is 0 Å². The van der Waals surface area contributed by atoms with E-state index in [-0.39, 0.29) is 17.9 Å². The summed E-state index contributed by atoms with van der Waals surface area (Å²) in [6.45, 7) is 2.69. The van der Waals surface area contributed by atoms with Gasteiger partial charge in [-0.25, -0.2) is 0 Å². The molecule has 2 rings (SSSR count). The van der Waals surface area contributed by atoms with Crippen LogP contribution in [-0.4, -0.2) is 72.9 Å². The van der Waals surface area contributed by atoms with E-state index in [9.17, 15) is 9.90 Å². The van der Waals surface area contributed by atoms with Crippen molar-refractivity contribution in [1.82, 2.24) is 9.80 Å². The highest BCUT2D eigenvalue weighted by Crippen LogP contribution is 2.28. The van der Waals surface area contributed by atoms with Gasteiger partial charge in [0.1, 0.15) is 0 Å². The number of likely N-dealkylation sites (tertiary alicyclic amines) is 1. The molecule has 1 atom stereocenters. The van der Waals surface area contributed by atoms with E-state index in [4.69, 9.17) is 4.74 Å². The van der Waals surface area contributed by atoms with Crippen molar-refractivity contribution in [1.29, 1.82) is 0 Å². The van der Waals surface area contributed by atoms with Gasteiger partial charge in [0.2, 0.25) is 5.91 Å². The minimum absolute atomic E-state index is 0.0119. The third-order valence-corrected chi connectivity index (χ3v) is 4.05. The Balaban J connectivity index is 2.05. The normalized spacial score (nSPS) is 29.1. The van der Waals surface area contributed by atoms with E-state index in [2.05, 4.69) is 19.0 Å². The van der Waals surface area contributed by atoms with Crippen molar-refractivity contribution in [2.45, 2.75) is 30.9 Å². The zero-order valence-electron chi connectivity index (χ0n) is 10.7. The fourth-order valence-corrected chi connectivity index (χ4v) is 2.76. The lowest BCUT2D eigenvalue weighted by atomic mass is 9.88. The maximum Gasteiger partial charge on any atom is 0.225 e. The van der Waals surface area contributed by atoms with Gasteiger partial charge in [0, 0.05) is 31.8 Å². The summed E-state index contributed by atoms with van der Waals surface area (Å²) < 4.78 is 5.41. The number of aliphatic hydroxyl groups is 1. The minimum Gasteiger partial charge on any atom is -0.391 e. The van der Waals surface area contributed by atoms with Crippen molar-refractivity contribution < 1.29 is 14.6 Å². The van der Waals surface area contributed by atoms with Gasteiger partial charge in [-0.2, -0.15) is 0 Å². The van der Waals surface area contributed by atoms with E-state index in [1.807, 2.05) is 0 Å². The van der Waals surface area contributed by atoms with Gasteiger partial charge in [-0.15, -0.1) is 0 Å². The number of aliphatic hydroxyl groups excluding tert-OH is 1. The van der Waals surface area contributed by atoms with Gasteiger partial charge in [-0.05, 0) is 26.9 Å². The Kier molecular flexibility index (Phi) is 3.70. The lowest BCUT2D eigenvalue weighted by Gasteiger charge is -2.44. The highest BCUT2D eigenvalue weighted by atomic mass is 16.5. The SMILES string of the molecule is CN(C)C1(CN2CC(O)CC2=O)CCOCC1. The van der Waals surface area contributed by atoms with Crippen LogP contribution in [0.2, 0.25) is 0 Å². The molecule has 5 heteroatoms. The number of amides is 1. The van der Waals surface area contributed by atoms with Crippen molar-refractivity contribution in [3.63, 3.8) is 0 Å². The second-order valence-electron chi connectivity index (χ2n) is 5.36. The zero-order chi connectivity index (χ0) is 12.5. The van der Waals surface area contributed by atoms with Crippen LogP contribution in [0.4, 0.5) is 0 Å². The Morgan fingerprint density at radius 3 is 2.59 bits per heavy atom. The molecule has 1 unspecified atom stereocenters. The van der Waals surface area contributed by atoms with E-state index >= 15 is 0 Å². The van der Waals surface area contributed by atoms with Crippen molar-refractivity contribution in [3.8, 4) is 0 Å². The first kappa shape index (κ1) is 12.8. The first-order valence-electron chi connectivity index (χ1n) is 6.24. The number of hydrogen-bond acceptors (Lipinski definition) is 4. The minimum atomic E-state index is -0.485. The monoisotopic (exact) mass is 242 g/mol.